The number of benzene rings is 1. The van der Waals surface area contributed by atoms with E-state index in [-0.39, 0.29) is 0 Å². The van der Waals surface area contributed by atoms with E-state index in [1.807, 2.05) is 24.3 Å². The number of nitrogens with zero attached hydrogens (tertiary/aromatic N) is 2. The van der Waals surface area contributed by atoms with Crippen LogP contribution in [0.1, 0.15) is 0 Å². The Balaban J connectivity index is 2.34. The molecule has 5 heteroatoms. The molecule has 0 saturated heterocycles. The molecule has 3 rings (SSSR count). The lowest BCUT2D eigenvalue weighted by Gasteiger charge is -2.05. The molecule has 2 aromatic heterocycles. The molecule has 1 aromatic carbocycles. The van der Waals surface area contributed by atoms with E-state index >= 15 is 0 Å². The van der Waals surface area contributed by atoms with E-state index in [0.717, 1.165) is 5.39 Å². The van der Waals surface area contributed by atoms with Gasteiger partial charge in [-0.2, -0.15) is 0 Å². The van der Waals surface area contributed by atoms with Crippen molar-refractivity contribution in [3.8, 4) is 11.3 Å². The molecule has 0 fully saturated rings. The quantitative estimate of drug-likeness (QED) is 0.731. The fourth-order valence-corrected chi connectivity index (χ4v) is 2.30. The zero-order valence-corrected chi connectivity index (χ0v) is 10.5. The average molecular weight is 273 g/mol. The lowest BCUT2D eigenvalue weighted by atomic mass is 10.2. The highest BCUT2D eigenvalue weighted by molar-refractivity contribution is 6.30. The number of hydrogen-bond donors (Lipinski definition) is 1. The number of para-hydroxylation sites is 1. The van der Waals surface area contributed by atoms with Crippen molar-refractivity contribution in [1.82, 2.24) is 9.55 Å². The van der Waals surface area contributed by atoms with Crippen LogP contribution < -0.4 is 0 Å². The summed E-state index contributed by atoms with van der Waals surface area (Å²) in [6.07, 6.45) is 2.08. The second-order valence-electron chi connectivity index (χ2n) is 4.10. The summed E-state index contributed by atoms with van der Waals surface area (Å²) in [4.78, 5) is 15.5. The van der Waals surface area contributed by atoms with E-state index in [2.05, 4.69) is 4.98 Å². The smallest absolute Gasteiger partial charge is 0.416 e. The maximum absolute atomic E-state index is 11.5. The van der Waals surface area contributed by atoms with Crippen LogP contribution in [0.2, 0.25) is 5.02 Å². The van der Waals surface area contributed by atoms with Gasteiger partial charge in [0.1, 0.15) is 0 Å². The van der Waals surface area contributed by atoms with E-state index in [1.165, 1.54) is 10.8 Å². The van der Waals surface area contributed by atoms with Crippen LogP contribution in [-0.2, 0) is 0 Å². The molecule has 19 heavy (non-hydrogen) atoms. The number of rotatable bonds is 1. The fourth-order valence-electron chi connectivity index (χ4n) is 2.13. The predicted octanol–water partition coefficient (Wildman–Crippen LogP) is 3.88. The molecule has 0 spiro atoms. The van der Waals surface area contributed by atoms with Crippen molar-refractivity contribution in [2.24, 2.45) is 0 Å². The third-order valence-electron chi connectivity index (χ3n) is 2.90. The Morgan fingerprint density at radius 3 is 2.74 bits per heavy atom. The first kappa shape index (κ1) is 11.7. The van der Waals surface area contributed by atoms with E-state index in [4.69, 9.17) is 11.6 Å². The van der Waals surface area contributed by atoms with Crippen LogP contribution in [0.5, 0.6) is 0 Å². The second kappa shape index (κ2) is 4.40. The second-order valence-corrected chi connectivity index (χ2v) is 4.53. The molecule has 0 atom stereocenters. The zero-order chi connectivity index (χ0) is 13.4. The Bertz CT molecular complexity index is 780. The van der Waals surface area contributed by atoms with Crippen molar-refractivity contribution in [1.29, 1.82) is 0 Å². The van der Waals surface area contributed by atoms with Gasteiger partial charge >= 0.3 is 6.09 Å². The number of carboxylic acid groups (broad SMARTS) is 1. The van der Waals surface area contributed by atoms with Crippen LogP contribution >= 0.6 is 11.6 Å². The van der Waals surface area contributed by atoms with Crippen molar-refractivity contribution in [3.05, 3.63) is 53.8 Å². The van der Waals surface area contributed by atoms with Gasteiger partial charge in [-0.05, 0) is 18.2 Å². The Kier molecular flexibility index (Phi) is 2.72. The van der Waals surface area contributed by atoms with Crippen molar-refractivity contribution in [2.45, 2.75) is 0 Å². The number of carbonyl (C=O) groups is 1. The average Bonchev–Trinajstić information content (AvgIpc) is 2.78. The maximum Gasteiger partial charge on any atom is 0.416 e. The standard InChI is InChI=1S/C14H9ClN2O2/c15-11-5-10(7-16-8-11)13-6-9-3-1-2-4-12(9)17(13)14(18)19/h1-8H,(H,18,19). The molecular weight excluding hydrogens is 264 g/mol. The third kappa shape index (κ3) is 1.96. The lowest BCUT2D eigenvalue weighted by molar-refractivity contribution is 0.198. The molecule has 0 saturated carbocycles. The third-order valence-corrected chi connectivity index (χ3v) is 3.11. The molecule has 0 aliphatic carbocycles. The largest absolute Gasteiger partial charge is 0.464 e. The first-order valence-corrected chi connectivity index (χ1v) is 5.99. The van der Waals surface area contributed by atoms with Crippen LogP contribution in [0.15, 0.2) is 48.8 Å². The predicted molar refractivity (Wildman–Crippen MR) is 73.6 cm³/mol. The summed E-state index contributed by atoms with van der Waals surface area (Å²) in [5, 5.41) is 10.7. The van der Waals surface area contributed by atoms with Crippen molar-refractivity contribution >= 4 is 28.6 Å². The molecule has 0 bridgehead atoms. The molecule has 0 radical (unpaired) electrons. The summed E-state index contributed by atoms with van der Waals surface area (Å²) in [7, 11) is 0. The molecule has 2 heterocycles. The lowest BCUT2D eigenvalue weighted by Crippen LogP contribution is -2.09. The van der Waals surface area contributed by atoms with E-state index in [9.17, 15) is 9.90 Å². The minimum Gasteiger partial charge on any atom is -0.464 e. The van der Waals surface area contributed by atoms with E-state index < -0.39 is 6.09 Å². The summed E-state index contributed by atoms with van der Waals surface area (Å²) in [6, 6.07) is 10.8. The SMILES string of the molecule is O=C(O)n1c(-c2cncc(Cl)c2)cc2ccccc21. The van der Waals surface area contributed by atoms with Gasteiger partial charge < -0.3 is 5.11 Å². The zero-order valence-electron chi connectivity index (χ0n) is 9.75. The van der Waals surface area contributed by atoms with Gasteiger partial charge in [0.05, 0.1) is 16.2 Å². The van der Waals surface area contributed by atoms with Crippen LogP contribution in [0, 0.1) is 0 Å². The molecule has 94 valence electrons. The molecular formula is C14H9ClN2O2. The number of halogens is 1. The van der Waals surface area contributed by atoms with Gasteiger partial charge in [-0.1, -0.05) is 29.8 Å². The molecule has 0 unspecified atom stereocenters. The molecule has 0 aliphatic rings. The summed E-state index contributed by atoms with van der Waals surface area (Å²) in [6.45, 7) is 0. The Hall–Kier alpha value is -2.33. The Labute approximate surface area is 113 Å². The highest BCUT2D eigenvalue weighted by Gasteiger charge is 2.15. The minimum absolute atomic E-state index is 0.472. The maximum atomic E-state index is 11.5. The molecule has 3 aromatic rings. The van der Waals surface area contributed by atoms with Crippen LogP contribution in [0.3, 0.4) is 0 Å². The summed E-state index contributed by atoms with van der Waals surface area (Å²) >= 11 is 5.91. The van der Waals surface area contributed by atoms with Crippen LogP contribution in [-0.4, -0.2) is 20.8 Å². The number of pyridine rings is 1. The first-order valence-electron chi connectivity index (χ1n) is 5.61. The highest BCUT2D eigenvalue weighted by atomic mass is 35.5. The van der Waals surface area contributed by atoms with Gasteiger partial charge in [0.15, 0.2) is 0 Å². The van der Waals surface area contributed by atoms with Gasteiger partial charge in [0.2, 0.25) is 0 Å². The minimum atomic E-state index is -1.03. The Morgan fingerprint density at radius 1 is 1.21 bits per heavy atom. The molecule has 0 aliphatic heterocycles. The first-order chi connectivity index (χ1) is 9.16. The number of hydrogen-bond acceptors (Lipinski definition) is 2. The van der Waals surface area contributed by atoms with Gasteiger partial charge in [0.25, 0.3) is 0 Å². The highest BCUT2D eigenvalue weighted by Crippen LogP contribution is 2.28. The van der Waals surface area contributed by atoms with Crippen LogP contribution in [0.25, 0.3) is 22.2 Å². The summed E-state index contributed by atoms with van der Waals surface area (Å²) in [5.41, 5.74) is 1.87. The van der Waals surface area contributed by atoms with Crippen LogP contribution in [0.4, 0.5) is 4.79 Å². The topological polar surface area (TPSA) is 55.1 Å². The van der Waals surface area contributed by atoms with Gasteiger partial charge in [-0.15, -0.1) is 0 Å². The fraction of sp³-hybridized carbons (Fsp3) is 0. The van der Waals surface area contributed by atoms with Gasteiger partial charge in [-0.3, -0.25) is 4.98 Å². The number of aromatic nitrogens is 2. The molecule has 0 amide bonds. The summed E-state index contributed by atoms with van der Waals surface area (Å²) < 4.78 is 1.24. The van der Waals surface area contributed by atoms with Crippen molar-refractivity contribution in [2.75, 3.05) is 0 Å². The van der Waals surface area contributed by atoms with Gasteiger partial charge in [-0.25, -0.2) is 9.36 Å². The van der Waals surface area contributed by atoms with Gasteiger partial charge in [0, 0.05) is 23.3 Å². The number of fused-ring (bicyclic) bond motifs is 1. The monoisotopic (exact) mass is 272 g/mol. The van der Waals surface area contributed by atoms with Crippen molar-refractivity contribution in [3.63, 3.8) is 0 Å². The normalized spacial score (nSPS) is 10.8. The summed E-state index contributed by atoms with van der Waals surface area (Å²) in [5.74, 6) is 0. The molecule has 1 N–H and O–H groups in total. The van der Waals surface area contributed by atoms with E-state index in [0.29, 0.717) is 21.8 Å². The molecule has 4 nitrogen and oxygen atoms in total. The Morgan fingerprint density at radius 2 is 2.00 bits per heavy atom. The van der Waals surface area contributed by atoms with Crippen molar-refractivity contribution < 1.29 is 9.90 Å². The van der Waals surface area contributed by atoms with E-state index in [1.54, 1.807) is 18.3 Å².